The van der Waals surface area contributed by atoms with E-state index in [1.54, 1.807) is 31.9 Å². The lowest BCUT2D eigenvalue weighted by atomic mass is 9.50. The van der Waals surface area contributed by atoms with Crippen molar-refractivity contribution in [1.82, 2.24) is 9.13 Å². The van der Waals surface area contributed by atoms with Crippen molar-refractivity contribution in [3.63, 3.8) is 0 Å². The summed E-state index contributed by atoms with van der Waals surface area (Å²) in [6.07, 6.45) is 14.4. The molecule has 10 aromatic carbocycles. The maximum absolute atomic E-state index is 2.72. The predicted molar refractivity (Wildman–Crippen MR) is 378 cm³/mol. The molecule has 0 N–H and O–H groups in total. The largest absolute Gasteiger partial charge is 0.309 e. The summed E-state index contributed by atoms with van der Waals surface area (Å²) < 4.78 is 5.38. The van der Waals surface area contributed by atoms with Crippen molar-refractivity contribution in [2.75, 3.05) is 0 Å². The number of fused-ring (bicyclic) bond motifs is 16. The molecule has 2 aromatic heterocycles. The fourth-order valence-corrected chi connectivity index (χ4v) is 32.5. The Morgan fingerprint density at radius 1 is 0.307 bits per heavy atom. The van der Waals surface area contributed by atoms with Crippen LogP contribution < -0.4 is 20.7 Å². The van der Waals surface area contributed by atoms with Gasteiger partial charge in [-0.2, -0.15) is 0 Å². The molecule has 0 spiro atoms. The quantitative estimate of drug-likeness (QED) is 0.128. The zero-order valence-electron chi connectivity index (χ0n) is 51.9. The van der Waals surface area contributed by atoms with Crippen LogP contribution in [0.15, 0.2) is 182 Å². The molecule has 0 unspecified atom stereocenters. The van der Waals surface area contributed by atoms with Gasteiger partial charge in [0, 0.05) is 32.9 Å². The molecule has 12 aromatic rings. The first-order valence-corrected chi connectivity index (χ1v) is 39.7. The molecule has 8 bridgehead atoms. The van der Waals surface area contributed by atoms with E-state index in [4.69, 9.17) is 0 Å². The van der Waals surface area contributed by atoms with Gasteiger partial charge >= 0.3 is 0 Å². The van der Waals surface area contributed by atoms with Crippen LogP contribution in [0.1, 0.15) is 115 Å². The van der Waals surface area contributed by atoms with Crippen molar-refractivity contribution in [3.8, 4) is 44.8 Å². The summed E-state index contributed by atoms with van der Waals surface area (Å²) in [5, 5.41) is 18.0. The van der Waals surface area contributed by atoms with Crippen molar-refractivity contribution in [1.29, 1.82) is 0 Å². The maximum Gasteiger partial charge on any atom is 0.119 e. The van der Waals surface area contributed by atoms with Crippen LogP contribution >= 0.6 is 0 Å². The Labute approximate surface area is 521 Å². The van der Waals surface area contributed by atoms with E-state index in [0.717, 1.165) is 47.3 Å². The molecule has 8 fully saturated rings. The molecule has 88 heavy (non-hydrogen) atoms. The van der Waals surface area contributed by atoms with Gasteiger partial charge in [0.05, 0.1) is 22.1 Å². The van der Waals surface area contributed by atoms with Crippen molar-refractivity contribution in [2.24, 2.45) is 47.3 Å². The third-order valence-electron chi connectivity index (χ3n) is 26.5. The fourth-order valence-electron chi connectivity index (χ4n) is 23.4. The van der Waals surface area contributed by atoms with Crippen LogP contribution in [0.2, 0.25) is 24.2 Å². The fraction of sp³-hybridized carbons (Fsp3) is 0.333. The lowest BCUT2D eigenvalue weighted by Crippen LogP contribution is -2.54. The van der Waals surface area contributed by atoms with Crippen molar-refractivity contribution in [3.05, 3.63) is 193 Å². The Morgan fingerprint density at radius 3 is 0.989 bits per heavy atom. The second kappa shape index (κ2) is 18.7. The highest BCUT2D eigenvalue weighted by molar-refractivity contribution is 7.06. The lowest BCUT2D eigenvalue weighted by molar-refractivity contribution is -0.00233. The normalized spacial score (nSPS) is 26.3. The molecule has 0 saturated heterocycles. The molecule has 8 aliphatic carbocycles. The third-order valence-corrected chi connectivity index (χ3v) is 37.2. The number of aromatic nitrogens is 2. The Hall–Kier alpha value is -7.25. The first-order chi connectivity index (χ1) is 43.3. The monoisotopic (exact) mass is 1170 g/mol. The number of para-hydroxylation sites is 2. The third kappa shape index (κ3) is 6.79. The van der Waals surface area contributed by atoms with E-state index in [2.05, 4.69) is 219 Å². The van der Waals surface area contributed by atoms with Crippen molar-refractivity contribution in [2.45, 2.75) is 128 Å². The summed E-state index contributed by atoms with van der Waals surface area (Å²) in [5.74, 6) is 8.41. The highest BCUT2D eigenvalue weighted by Gasteiger charge is 2.51. The highest BCUT2D eigenvalue weighted by Crippen LogP contribution is 2.63. The predicted octanol–water partition coefficient (Wildman–Crippen LogP) is 20.1. The Kier molecular flexibility index (Phi) is 11.0. The summed E-state index contributed by atoms with van der Waals surface area (Å²) in [6, 6.07) is 79.1. The number of hydrogen-bond donors (Lipinski definition) is 0. The summed E-state index contributed by atoms with van der Waals surface area (Å²) in [6.45, 7) is 9.97. The minimum Gasteiger partial charge on any atom is -0.309 e. The summed E-state index contributed by atoms with van der Waals surface area (Å²) in [5.41, 5.74) is 19.9. The summed E-state index contributed by atoms with van der Waals surface area (Å²) in [7, 11) is -4.10. The van der Waals surface area contributed by atoms with Crippen LogP contribution in [0.5, 0.6) is 0 Å². The Balaban J connectivity index is 0.738. The molecule has 434 valence electrons. The van der Waals surface area contributed by atoms with Gasteiger partial charge in [0.1, 0.15) is 16.1 Å². The van der Waals surface area contributed by atoms with E-state index in [0.29, 0.717) is 11.8 Å². The molecule has 8 saturated carbocycles. The summed E-state index contributed by atoms with van der Waals surface area (Å²) >= 11 is 0. The number of rotatable bonds is 9. The molecule has 0 amide bonds. The van der Waals surface area contributed by atoms with Gasteiger partial charge in [-0.05, 0) is 271 Å². The van der Waals surface area contributed by atoms with Gasteiger partial charge in [-0.1, -0.05) is 173 Å². The molecule has 0 radical (unpaired) electrons. The minimum atomic E-state index is -2.05. The van der Waals surface area contributed by atoms with E-state index in [1.807, 2.05) is 0 Å². The van der Waals surface area contributed by atoms with Gasteiger partial charge in [0.25, 0.3) is 0 Å². The first kappa shape index (κ1) is 51.6. The Morgan fingerprint density at radius 2 is 0.625 bits per heavy atom. The molecule has 4 heterocycles. The number of nitrogens with zero attached hydrogens (tertiary/aromatic N) is 2. The molecular formula is C84H80N2Si2. The first-order valence-electron chi connectivity index (χ1n) is 34.8. The van der Waals surface area contributed by atoms with E-state index in [-0.39, 0.29) is 0 Å². The molecule has 2 nitrogen and oxygen atoms in total. The lowest BCUT2D eigenvalue weighted by Gasteiger charge is -2.54. The van der Waals surface area contributed by atoms with E-state index in [9.17, 15) is 0 Å². The molecule has 4 heteroatoms. The Bertz CT molecular complexity index is 4610. The smallest absolute Gasteiger partial charge is 0.119 e. The average molecular weight is 1170 g/mol. The second-order valence-corrected chi connectivity index (χ2v) is 39.3. The maximum atomic E-state index is 2.72. The van der Waals surface area contributed by atoms with E-state index in [1.165, 1.54) is 198 Å². The second-order valence-electron chi connectivity index (χ2n) is 30.0. The molecule has 0 atom stereocenters. The number of hydrogen-bond acceptors (Lipinski definition) is 0. The molecule has 2 aliphatic heterocycles. The van der Waals surface area contributed by atoms with Crippen LogP contribution in [0.25, 0.3) is 110 Å². The number of benzene rings is 10. The van der Waals surface area contributed by atoms with Gasteiger partial charge in [0.15, 0.2) is 0 Å². The van der Waals surface area contributed by atoms with Crippen molar-refractivity contribution >= 4 is 102 Å². The highest BCUT2D eigenvalue weighted by atomic mass is 28.3. The molecule has 22 rings (SSSR count). The standard InChI is InChI=1S/C84H80N2Si2/c1-5-87(6-2)77-29-25-53(43-67(77)69-45-59(27-31-79(69)87)85-73-23-15-13-21-65(73)83-63-19-11-9-17-61(63)71(47-75(83)85)81-55-35-49-33-50(37-55)38-56(81)36-49)54-26-30-78-68(44-54)70-46-60(28-32-80(70)88(78,7-3)8-4)86-74-24-16-14-22-66(74)84-64-20-12-10-18-62(64)72(48-76(84)86)82-57-39-51-34-52(41-57)42-58(82)40-51/h9-32,43-52,55-58,81-82H,5-8,33-42H2,1-4H3. The van der Waals surface area contributed by atoms with Crippen LogP contribution in [0, 0.1) is 47.3 Å². The van der Waals surface area contributed by atoms with Crippen molar-refractivity contribution < 1.29 is 0 Å². The van der Waals surface area contributed by atoms with Gasteiger partial charge in [-0.15, -0.1) is 0 Å². The zero-order valence-corrected chi connectivity index (χ0v) is 53.9. The van der Waals surface area contributed by atoms with Gasteiger partial charge in [-0.3, -0.25) is 0 Å². The molecular weight excluding hydrogens is 1090 g/mol. The van der Waals surface area contributed by atoms with Crippen LogP contribution in [0.4, 0.5) is 0 Å². The summed E-state index contributed by atoms with van der Waals surface area (Å²) in [4.78, 5) is 0. The topological polar surface area (TPSA) is 9.86 Å². The van der Waals surface area contributed by atoms with Crippen LogP contribution in [0.3, 0.4) is 0 Å². The van der Waals surface area contributed by atoms with Gasteiger partial charge < -0.3 is 9.13 Å². The average Bonchev–Trinajstić information content (AvgIpc) is 1.49. The van der Waals surface area contributed by atoms with Gasteiger partial charge in [0.2, 0.25) is 0 Å². The van der Waals surface area contributed by atoms with E-state index < -0.39 is 16.1 Å². The van der Waals surface area contributed by atoms with Gasteiger partial charge in [-0.25, -0.2) is 0 Å². The molecule has 10 aliphatic rings. The van der Waals surface area contributed by atoms with Crippen LogP contribution in [-0.4, -0.2) is 25.3 Å². The minimum absolute atomic E-state index is 0.655. The van der Waals surface area contributed by atoms with Crippen LogP contribution in [-0.2, 0) is 0 Å². The van der Waals surface area contributed by atoms with E-state index >= 15 is 0 Å². The zero-order chi connectivity index (χ0) is 58.1. The SMILES string of the molecule is CC[Si]1(CC)c2ccc(-c3ccc4c(c3)-c3cc(-n5c6ccccc6c6c7ccccc7c(C7C8CC9CC(C8)CC7C9)cc65)ccc3[Si]4(CC)CC)cc2-c2cc(-n3c4ccccc4c4c5ccccc5c(C5C6CC7CC(C6)CC5C7)cc43)ccc21.